The lowest BCUT2D eigenvalue weighted by molar-refractivity contribution is 0.0656. The van der Waals surface area contributed by atoms with Crippen LogP contribution in [0.25, 0.3) is 0 Å². The van der Waals surface area contributed by atoms with Crippen LogP contribution >= 0.6 is 0 Å². The predicted octanol–water partition coefficient (Wildman–Crippen LogP) is 0.909. The van der Waals surface area contributed by atoms with Gasteiger partial charge in [-0.3, -0.25) is 4.21 Å². The molecule has 0 aliphatic carbocycles. The average Bonchev–Trinajstić information content (AvgIpc) is 2.75. The van der Waals surface area contributed by atoms with Gasteiger partial charge in [-0.25, -0.2) is 13.2 Å². The van der Waals surface area contributed by atoms with Crippen molar-refractivity contribution in [3.8, 4) is 0 Å². The van der Waals surface area contributed by atoms with Gasteiger partial charge >= 0.3 is 5.97 Å². The molecule has 18 heavy (non-hydrogen) atoms. The number of aromatic carboxylic acids is 1. The third-order valence-electron chi connectivity index (χ3n) is 2.29. The second kappa shape index (κ2) is 5.66. The highest BCUT2D eigenvalue weighted by Crippen LogP contribution is 2.13. The minimum Gasteiger partial charge on any atom is -0.475 e. The highest BCUT2D eigenvalue weighted by Gasteiger charge is 2.20. The zero-order valence-electron chi connectivity index (χ0n) is 9.95. The predicted molar refractivity (Wildman–Crippen MR) is 65.9 cm³/mol. The molecule has 0 saturated carbocycles. The summed E-state index contributed by atoms with van der Waals surface area (Å²) in [6, 6.07) is 2.47. The van der Waals surface area contributed by atoms with Crippen LogP contribution < -0.4 is 0 Å². The highest BCUT2D eigenvalue weighted by atomic mass is 32.2. The standard InChI is InChI=1S/C10H14O6S2/c1-7(2)18(14,15)6-5-17(13)9-4-3-8(16-9)10(11)12/h3-4,7H,5-6H2,1-2H3,(H,11,12). The molecule has 8 heteroatoms. The van der Waals surface area contributed by atoms with Crippen molar-refractivity contribution in [2.75, 3.05) is 11.5 Å². The molecule has 6 nitrogen and oxygen atoms in total. The van der Waals surface area contributed by atoms with Gasteiger partial charge in [0.2, 0.25) is 5.76 Å². The lowest BCUT2D eigenvalue weighted by Gasteiger charge is -2.06. The number of rotatable bonds is 6. The number of sulfone groups is 1. The first kappa shape index (κ1) is 14.9. The van der Waals surface area contributed by atoms with Gasteiger partial charge < -0.3 is 9.52 Å². The lowest BCUT2D eigenvalue weighted by Crippen LogP contribution is -2.21. The molecule has 1 atom stereocenters. The molecule has 0 saturated heterocycles. The maximum Gasteiger partial charge on any atom is 0.371 e. The molecular formula is C10H14O6S2. The second-order valence-electron chi connectivity index (χ2n) is 3.89. The van der Waals surface area contributed by atoms with Crippen molar-refractivity contribution in [1.82, 2.24) is 0 Å². The molecule has 0 aliphatic rings. The molecular weight excluding hydrogens is 280 g/mol. The molecule has 0 spiro atoms. The van der Waals surface area contributed by atoms with Gasteiger partial charge in [-0.15, -0.1) is 0 Å². The van der Waals surface area contributed by atoms with Crippen LogP contribution in [0.4, 0.5) is 0 Å². The fourth-order valence-electron chi connectivity index (χ4n) is 1.09. The number of furan rings is 1. The van der Waals surface area contributed by atoms with E-state index in [1.54, 1.807) is 13.8 Å². The fraction of sp³-hybridized carbons (Fsp3) is 0.500. The molecule has 0 aromatic carbocycles. The molecule has 0 aliphatic heterocycles. The van der Waals surface area contributed by atoms with E-state index in [1.807, 2.05) is 0 Å². The van der Waals surface area contributed by atoms with E-state index in [9.17, 15) is 17.4 Å². The monoisotopic (exact) mass is 294 g/mol. The molecule has 0 radical (unpaired) electrons. The molecule has 0 amide bonds. The van der Waals surface area contributed by atoms with Crippen LogP contribution in [0.2, 0.25) is 0 Å². The van der Waals surface area contributed by atoms with Crippen molar-refractivity contribution in [2.45, 2.75) is 24.2 Å². The van der Waals surface area contributed by atoms with E-state index in [0.717, 1.165) is 0 Å². The van der Waals surface area contributed by atoms with Crippen LogP contribution in [-0.2, 0) is 20.6 Å². The number of hydrogen-bond acceptors (Lipinski definition) is 5. The third kappa shape index (κ3) is 3.67. The summed E-state index contributed by atoms with van der Waals surface area (Å²) in [5.41, 5.74) is 0. The molecule has 1 N–H and O–H groups in total. The summed E-state index contributed by atoms with van der Waals surface area (Å²) in [6.07, 6.45) is 0. The van der Waals surface area contributed by atoms with E-state index in [1.165, 1.54) is 12.1 Å². The molecule has 1 aromatic rings. The third-order valence-corrected chi connectivity index (χ3v) is 6.00. The van der Waals surface area contributed by atoms with Crippen LogP contribution in [0.1, 0.15) is 24.4 Å². The number of carbonyl (C=O) groups is 1. The van der Waals surface area contributed by atoms with Crippen molar-refractivity contribution < 1.29 is 26.9 Å². The summed E-state index contributed by atoms with van der Waals surface area (Å²) in [4.78, 5) is 10.6. The molecule has 0 fully saturated rings. The lowest BCUT2D eigenvalue weighted by atomic mass is 10.5. The maximum absolute atomic E-state index is 11.7. The van der Waals surface area contributed by atoms with E-state index >= 15 is 0 Å². The minimum atomic E-state index is -3.26. The Morgan fingerprint density at radius 3 is 2.50 bits per heavy atom. The largest absolute Gasteiger partial charge is 0.475 e. The van der Waals surface area contributed by atoms with Crippen LogP contribution in [0.5, 0.6) is 0 Å². The van der Waals surface area contributed by atoms with E-state index in [4.69, 9.17) is 9.52 Å². The topological polar surface area (TPSA) is 102 Å². The van der Waals surface area contributed by atoms with Gasteiger partial charge in [-0.1, -0.05) is 0 Å². The summed E-state index contributed by atoms with van der Waals surface area (Å²) in [5, 5.41) is 8.07. The van der Waals surface area contributed by atoms with Gasteiger partial charge in [-0.05, 0) is 26.0 Å². The van der Waals surface area contributed by atoms with Crippen LogP contribution in [0.15, 0.2) is 21.6 Å². The quantitative estimate of drug-likeness (QED) is 0.836. The Kier molecular flexibility index (Phi) is 4.69. The SMILES string of the molecule is CC(C)S(=O)(=O)CCS(=O)c1ccc(C(=O)O)o1. The van der Waals surface area contributed by atoms with Crippen molar-refractivity contribution in [2.24, 2.45) is 0 Å². The minimum absolute atomic E-state index is 0.0219. The molecule has 1 aromatic heterocycles. The van der Waals surface area contributed by atoms with E-state index in [2.05, 4.69) is 0 Å². The Bertz CT molecular complexity index is 555. The molecule has 1 rings (SSSR count). The van der Waals surface area contributed by atoms with Gasteiger partial charge in [0.15, 0.2) is 14.9 Å². The van der Waals surface area contributed by atoms with Gasteiger partial charge in [-0.2, -0.15) is 0 Å². The normalized spacial score (nSPS) is 13.7. The Hall–Kier alpha value is -1.15. The van der Waals surface area contributed by atoms with E-state index < -0.39 is 31.9 Å². The summed E-state index contributed by atoms with van der Waals surface area (Å²) in [7, 11) is -4.91. The molecule has 1 heterocycles. The first-order valence-electron chi connectivity index (χ1n) is 5.17. The smallest absolute Gasteiger partial charge is 0.371 e. The first-order valence-corrected chi connectivity index (χ1v) is 8.20. The van der Waals surface area contributed by atoms with Crippen LogP contribution in [0.3, 0.4) is 0 Å². The summed E-state index contributed by atoms with van der Waals surface area (Å²) >= 11 is 0. The average molecular weight is 294 g/mol. The van der Waals surface area contributed by atoms with Crippen LogP contribution in [0, 0.1) is 0 Å². The Morgan fingerprint density at radius 1 is 1.44 bits per heavy atom. The van der Waals surface area contributed by atoms with E-state index in [-0.39, 0.29) is 22.4 Å². The summed E-state index contributed by atoms with van der Waals surface area (Å²) in [5.74, 6) is -1.90. The maximum atomic E-state index is 11.7. The van der Waals surface area contributed by atoms with Crippen molar-refractivity contribution in [3.05, 3.63) is 17.9 Å². The first-order chi connectivity index (χ1) is 8.24. The van der Waals surface area contributed by atoms with E-state index in [0.29, 0.717) is 0 Å². The number of carboxylic acids is 1. The van der Waals surface area contributed by atoms with Crippen molar-refractivity contribution in [3.63, 3.8) is 0 Å². The van der Waals surface area contributed by atoms with Gasteiger partial charge in [0, 0.05) is 5.75 Å². The summed E-state index contributed by atoms with van der Waals surface area (Å²) < 4.78 is 39.6. The Morgan fingerprint density at radius 2 is 2.06 bits per heavy atom. The molecule has 0 bridgehead atoms. The van der Waals surface area contributed by atoms with Gasteiger partial charge in [0.25, 0.3) is 0 Å². The molecule has 102 valence electrons. The van der Waals surface area contributed by atoms with Gasteiger partial charge in [0.1, 0.15) is 0 Å². The molecule has 1 unspecified atom stereocenters. The number of carboxylic acid groups (broad SMARTS) is 1. The number of hydrogen-bond donors (Lipinski definition) is 1. The van der Waals surface area contributed by atoms with Crippen molar-refractivity contribution >= 4 is 26.6 Å². The zero-order valence-corrected chi connectivity index (χ0v) is 11.6. The Labute approximate surface area is 107 Å². The zero-order chi connectivity index (χ0) is 13.9. The van der Waals surface area contributed by atoms with Gasteiger partial charge in [0.05, 0.1) is 21.8 Å². The fourth-order valence-corrected chi connectivity index (χ4v) is 3.70. The second-order valence-corrected chi connectivity index (χ2v) is 8.07. The highest BCUT2D eigenvalue weighted by molar-refractivity contribution is 7.93. The summed E-state index contributed by atoms with van der Waals surface area (Å²) in [6.45, 7) is 3.10. The Balaban J connectivity index is 2.69. The van der Waals surface area contributed by atoms with Crippen LogP contribution in [-0.4, -0.2) is 40.5 Å². The van der Waals surface area contributed by atoms with Crippen molar-refractivity contribution in [1.29, 1.82) is 0 Å².